The molecule has 0 N–H and O–H groups in total. The van der Waals surface area contributed by atoms with Crippen molar-refractivity contribution >= 4 is 17.7 Å². The van der Waals surface area contributed by atoms with Crippen molar-refractivity contribution in [1.82, 2.24) is 0 Å². The molecule has 78 valence electrons. The minimum atomic E-state index is -0.565. The van der Waals surface area contributed by atoms with Gasteiger partial charge in [0.2, 0.25) is 5.78 Å². The molecule has 6 nitrogen and oxygen atoms in total. The number of rotatable bonds is 4. The molecule has 0 aliphatic heterocycles. The van der Waals surface area contributed by atoms with Gasteiger partial charge in [-0.1, -0.05) is 17.3 Å². The SMILES string of the molecule is CO/N=C\C(=O)c1cccc([N+](=O)[O-])c1. The fourth-order valence-corrected chi connectivity index (χ4v) is 0.948. The van der Waals surface area contributed by atoms with Gasteiger partial charge in [0.15, 0.2) is 0 Å². The molecule has 0 radical (unpaired) electrons. The zero-order chi connectivity index (χ0) is 11.3. The molecule has 0 fully saturated rings. The van der Waals surface area contributed by atoms with Gasteiger partial charge < -0.3 is 4.84 Å². The summed E-state index contributed by atoms with van der Waals surface area (Å²) in [6.07, 6.45) is 0.957. The normalized spacial score (nSPS) is 10.2. The first-order valence-corrected chi connectivity index (χ1v) is 4.00. The molecule has 6 heteroatoms. The van der Waals surface area contributed by atoms with Crippen molar-refractivity contribution in [1.29, 1.82) is 0 Å². The van der Waals surface area contributed by atoms with E-state index in [-0.39, 0.29) is 11.3 Å². The van der Waals surface area contributed by atoms with Gasteiger partial charge in [0, 0.05) is 17.7 Å². The predicted octanol–water partition coefficient (Wildman–Crippen LogP) is 1.41. The summed E-state index contributed by atoms with van der Waals surface area (Å²) in [5, 5.41) is 13.7. The Morgan fingerprint density at radius 2 is 2.33 bits per heavy atom. The van der Waals surface area contributed by atoms with Gasteiger partial charge in [-0.05, 0) is 0 Å². The second kappa shape index (κ2) is 4.85. The molecule has 0 atom stereocenters. The third-order valence-electron chi connectivity index (χ3n) is 1.62. The van der Waals surface area contributed by atoms with Gasteiger partial charge in [-0.25, -0.2) is 0 Å². The van der Waals surface area contributed by atoms with Crippen molar-refractivity contribution in [3.8, 4) is 0 Å². The Morgan fingerprint density at radius 1 is 1.60 bits per heavy atom. The summed E-state index contributed by atoms with van der Waals surface area (Å²) in [5.41, 5.74) is 0.0664. The van der Waals surface area contributed by atoms with Crippen LogP contribution in [0.1, 0.15) is 10.4 Å². The molecule has 0 aromatic heterocycles. The van der Waals surface area contributed by atoms with E-state index in [2.05, 4.69) is 9.99 Å². The smallest absolute Gasteiger partial charge is 0.270 e. The number of nitro groups is 1. The maximum Gasteiger partial charge on any atom is 0.270 e. The highest BCUT2D eigenvalue weighted by atomic mass is 16.6. The number of hydrogen-bond donors (Lipinski definition) is 0. The lowest BCUT2D eigenvalue weighted by atomic mass is 10.1. The van der Waals surface area contributed by atoms with Crippen LogP contribution in [0.3, 0.4) is 0 Å². The van der Waals surface area contributed by atoms with Crippen molar-refractivity contribution < 1.29 is 14.6 Å². The minimum absolute atomic E-state index is 0.133. The van der Waals surface area contributed by atoms with E-state index in [0.29, 0.717) is 0 Å². The maximum atomic E-state index is 11.3. The first-order chi connectivity index (χ1) is 7.15. The lowest BCUT2D eigenvalue weighted by Gasteiger charge is -1.95. The summed E-state index contributed by atoms with van der Waals surface area (Å²) in [6, 6.07) is 5.40. The topological polar surface area (TPSA) is 81.8 Å². The number of nitro benzene ring substituents is 1. The molecule has 0 amide bonds. The first kappa shape index (κ1) is 10.8. The van der Waals surface area contributed by atoms with Gasteiger partial charge in [0.25, 0.3) is 5.69 Å². The fraction of sp³-hybridized carbons (Fsp3) is 0.111. The van der Waals surface area contributed by atoms with Crippen molar-refractivity contribution in [2.75, 3.05) is 7.11 Å². The van der Waals surface area contributed by atoms with Gasteiger partial charge in [0.1, 0.15) is 13.3 Å². The lowest BCUT2D eigenvalue weighted by Crippen LogP contribution is -2.01. The molecule has 0 bridgehead atoms. The number of carbonyl (C=O) groups excluding carboxylic acids is 1. The Bertz CT molecular complexity index is 414. The van der Waals surface area contributed by atoms with Crippen molar-refractivity contribution in [2.45, 2.75) is 0 Å². The Labute approximate surface area is 85.3 Å². The second-order valence-electron chi connectivity index (χ2n) is 2.59. The standard InChI is InChI=1S/C9H8N2O4/c1-15-10-6-9(12)7-3-2-4-8(5-7)11(13)14/h2-6H,1H3/b10-6-. The molecule has 0 spiro atoms. The van der Waals surface area contributed by atoms with Crippen LogP contribution in [0.5, 0.6) is 0 Å². The average molecular weight is 208 g/mol. The lowest BCUT2D eigenvalue weighted by molar-refractivity contribution is -0.384. The van der Waals surface area contributed by atoms with Crippen LogP contribution in [0.15, 0.2) is 29.4 Å². The summed E-state index contributed by atoms with van der Waals surface area (Å²) >= 11 is 0. The average Bonchev–Trinajstić information content (AvgIpc) is 2.26. The van der Waals surface area contributed by atoms with Gasteiger partial charge in [-0.3, -0.25) is 14.9 Å². The van der Waals surface area contributed by atoms with Crippen LogP contribution in [0.4, 0.5) is 5.69 Å². The van der Waals surface area contributed by atoms with E-state index in [4.69, 9.17) is 0 Å². The molecule has 15 heavy (non-hydrogen) atoms. The van der Waals surface area contributed by atoms with E-state index < -0.39 is 10.7 Å². The molecule has 0 saturated carbocycles. The van der Waals surface area contributed by atoms with E-state index >= 15 is 0 Å². The van der Waals surface area contributed by atoms with Gasteiger partial charge in [-0.2, -0.15) is 0 Å². The largest absolute Gasteiger partial charge is 0.399 e. The van der Waals surface area contributed by atoms with E-state index in [1.807, 2.05) is 0 Å². The van der Waals surface area contributed by atoms with E-state index in [1.54, 1.807) is 0 Å². The summed E-state index contributed by atoms with van der Waals surface area (Å²) in [5.74, 6) is -0.444. The number of benzene rings is 1. The van der Waals surface area contributed by atoms with Gasteiger partial charge >= 0.3 is 0 Å². The van der Waals surface area contributed by atoms with Crippen LogP contribution in [0, 0.1) is 10.1 Å². The fourth-order valence-electron chi connectivity index (χ4n) is 0.948. The van der Waals surface area contributed by atoms with E-state index in [1.165, 1.54) is 31.4 Å². The summed E-state index contributed by atoms with van der Waals surface area (Å²) in [6.45, 7) is 0. The zero-order valence-electron chi connectivity index (χ0n) is 7.91. The number of hydrogen-bond acceptors (Lipinski definition) is 5. The summed E-state index contributed by atoms with van der Waals surface area (Å²) in [4.78, 5) is 25.5. The molecule has 0 saturated heterocycles. The molecule has 0 heterocycles. The summed E-state index contributed by atoms with van der Waals surface area (Å²) in [7, 11) is 1.30. The number of Topliss-reactive ketones (excluding diaryl/α,β-unsaturated/α-hetero) is 1. The van der Waals surface area contributed by atoms with Crippen molar-refractivity contribution in [3.05, 3.63) is 39.9 Å². The van der Waals surface area contributed by atoms with Crippen LogP contribution in [0.2, 0.25) is 0 Å². The Hall–Kier alpha value is -2.24. The van der Waals surface area contributed by atoms with Gasteiger partial charge in [-0.15, -0.1) is 0 Å². The highest BCUT2D eigenvalue weighted by molar-refractivity contribution is 6.35. The molecule has 0 unspecified atom stereocenters. The Balaban J connectivity index is 2.95. The predicted molar refractivity (Wildman–Crippen MR) is 52.9 cm³/mol. The van der Waals surface area contributed by atoms with Crippen LogP contribution < -0.4 is 0 Å². The van der Waals surface area contributed by atoms with E-state index in [9.17, 15) is 14.9 Å². The van der Waals surface area contributed by atoms with Crippen LogP contribution in [-0.2, 0) is 4.84 Å². The molecular formula is C9H8N2O4. The highest BCUT2D eigenvalue weighted by Crippen LogP contribution is 2.12. The third-order valence-corrected chi connectivity index (χ3v) is 1.62. The molecule has 1 aromatic rings. The molecule has 0 aliphatic rings. The number of ketones is 1. The number of oxime groups is 1. The second-order valence-corrected chi connectivity index (χ2v) is 2.59. The van der Waals surface area contributed by atoms with Gasteiger partial charge in [0.05, 0.1) is 4.92 Å². The monoisotopic (exact) mass is 208 g/mol. The first-order valence-electron chi connectivity index (χ1n) is 4.00. The maximum absolute atomic E-state index is 11.3. The summed E-state index contributed by atoms with van der Waals surface area (Å²) < 4.78 is 0. The Morgan fingerprint density at radius 3 is 2.93 bits per heavy atom. The number of nitrogens with zero attached hydrogens (tertiary/aromatic N) is 2. The Kier molecular flexibility index (Phi) is 3.50. The molecule has 0 aliphatic carbocycles. The zero-order valence-corrected chi connectivity index (χ0v) is 7.91. The molecular weight excluding hydrogens is 200 g/mol. The van der Waals surface area contributed by atoms with E-state index in [0.717, 1.165) is 6.21 Å². The third kappa shape index (κ3) is 2.87. The number of non-ortho nitro benzene ring substituents is 1. The van der Waals surface area contributed by atoms with Crippen molar-refractivity contribution in [2.24, 2.45) is 5.16 Å². The van der Waals surface area contributed by atoms with Crippen LogP contribution in [0.25, 0.3) is 0 Å². The quantitative estimate of drug-likeness (QED) is 0.324. The number of carbonyl (C=O) groups is 1. The molecule has 1 rings (SSSR count). The van der Waals surface area contributed by atoms with Crippen LogP contribution in [-0.4, -0.2) is 24.0 Å². The highest BCUT2D eigenvalue weighted by Gasteiger charge is 2.09. The van der Waals surface area contributed by atoms with Crippen molar-refractivity contribution in [3.63, 3.8) is 0 Å². The minimum Gasteiger partial charge on any atom is -0.399 e. The van der Waals surface area contributed by atoms with Crippen LogP contribution >= 0.6 is 0 Å². The molecule has 1 aromatic carbocycles.